The van der Waals surface area contributed by atoms with Crippen LogP contribution in [0.25, 0.3) is 0 Å². The molecule has 1 aliphatic carbocycles. The normalized spacial score (nSPS) is 22.6. The van der Waals surface area contributed by atoms with Crippen LogP contribution in [-0.2, 0) is 0 Å². The first kappa shape index (κ1) is 15.2. The van der Waals surface area contributed by atoms with Crippen LogP contribution in [0.15, 0.2) is 10.7 Å². The van der Waals surface area contributed by atoms with Crippen LogP contribution in [0.5, 0.6) is 0 Å². The number of rotatable bonds is 4. The van der Waals surface area contributed by atoms with E-state index in [1.54, 1.807) is 6.92 Å². The maximum atomic E-state index is 10.8. The average Bonchev–Trinajstić information content (AvgIpc) is 2.42. The minimum absolute atomic E-state index is 0.0499. The zero-order chi connectivity index (χ0) is 14.7. The fraction of sp³-hybridized carbons (Fsp3) is 0.643. The van der Waals surface area contributed by atoms with Gasteiger partial charge < -0.3 is 5.32 Å². The van der Waals surface area contributed by atoms with Crippen LogP contribution in [0.4, 0.5) is 11.5 Å². The molecule has 0 amide bonds. The Balaban J connectivity index is 2.00. The Labute approximate surface area is 127 Å². The summed E-state index contributed by atoms with van der Waals surface area (Å²) in [6, 6.07) is 0. The van der Waals surface area contributed by atoms with E-state index >= 15 is 0 Å². The Kier molecular flexibility index (Phi) is 4.96. The Hall–Kier alpha value is -1.17. The summed E-state index contributed by atoms with van der Waals surface area (Å²) in [5.74, 6) is 2.22. The molecular formula is C14H20BrN3O2. The molecule has 1 aromatic heterocycles. The molecule has 0 spiro atoms. The van der Waals surface area contributed by atoms with Gasteiger partial charge in [0.05, 0.1) is 9.40 Å². The number of aromatic nitrogens is 1. The van der Waals surface area contributed by atoms with E-state index in [0.29, 0.717) is 21.8 Å². The van der Waals surface area contributed by atoms with Gasteiger partial charge in [-0.25, -0.2) is 4.98 Å². The van der Waals surface area contributed by atoms with E-state index in [2.05, 4.69) is 33.2 Å². The van der Waals surface area contributed by atoms with Crippen molar-refractivity contribution in [2.75, 3.05) is 11.9 Å². The van der Waals surface area contributed by atoms with Crippen LogP contribution in [0.2, 0.25) is 0 Å². The first-order valence-corrected chi connectivity index (χ1v) is 7.81. The summed E-state index contributed by atoms with van der Waals surface area (Å²) in [7, 11) is 0. The lowest BCUT2D eigenvalue weighted by Crippen LogP contribution is -2.20. The van der Waals surface area contributed by atoms with E-state index in [-0.39, 0.29) is 5.69 Å². The van der Waals surface area contributed by atoms with Gasteiger partial charge >= 0.3 is 0 Å². The third-order valence-electron chi connectivity index (χ3n) is 4.13. The van der Waals surface area contributed by atoms with Gasteiger partial charge in [0, 0.05) is 12.1 Å². The third kappa shape index (κ3) is 3.48. The molecule has 1 heterocycles. The number of nitro groups is 1. The number of pyridine rings is 1. The molecule has 2 rings (SSSR count). The van der Waals surface area contributed by atoms with Crippen LogP contribution >= 0.6 is 15.9 Å². The first-order chi connectivity index (χ1) is 9.49. The second-order valence-corrected chi connectivity index (χ2v) is 6.49. The summed E-state index contributed by atoms with van der Waals surface area (Å²) >= 11 is 3.40. The highest BCUT2D eigenvalue weighted by Crippen LogP contribution is 2.32. The standard InChI is InChI=1S/C14H20BrN3O2/c1-9-3-5-11(6-4-9)7-16-14-13(15)10(2)12(8-17-14)18(19)20/h8-9,11H,3-7H2,1-2H3,(H,16,17). The molecular weight excluding hydrogens is 322 g/mol. The van der Waals surface area contributed by atoms with E-state index in [4.69, 9.17) is 0 Å². The van der Waals surface area contributed by atoms with Gasteiger partial charge in [0.15, 0.2) is 0 Å². The van der Waals surface area contributed by atoms with E-state index in [9.17, 15) is 10.1 Å². The predicted octanol–water partition coefficient (Wildman–Crippen LogP) is 4.30. The molecule has 1 N–H and O–H groups in total. The van der Waals surface area contributed by atoms with E-state index in [1.165, 1.54) is 31.9 Å². The van der Waals surface area contributed by atoms with Crippen molar-refractivity contribution in [1.29, 1.82) is 0 Å². The van der Waals surface area contributed by atoms with Crippen molar-refractivity contribution in [2.24, 2.45) is 11.8 Å². The molecule has 0 saturated heterocycles. The van der Waals surface area contributed by atoms with Gasteiger partial charge in [-0.05, 0) is 47.5 Å². The quantitative estimate of drug-likeness (QED) is 0.654. The predicted molar refractivity (Wildman–Crippen MR) is 82.9 cm³/mol. The van der Waals surface area contributed by atoms with Gasteiger partial charge in [-0.2, -0.15) is 0 Å². The van der Waals surface area contributed by atoms with Crippen LogP contribution in [0, 0.1) is 28.9 Å². The lowest BCUT2D eigenvalue weighted by Gasteiger charge is -2.26. The molecule has 20 heavy (non-hydrogen) atoms. The number of nitrogens with one attached hydrogen (secondary N) is 1. The fourth-order valence-electron chi connectivity index (χ4n) is 2.65. The van der Waals surface area contributed by atoms with Gasteiger partial charge in [-0.3, -0.25) is 10.1 Å². The molecule has 0 radical (unpaired) electrons. The lowest BCUT2D eigenvalue weighted by atomic mass is 9.83. The van der Waals surface area contributed by atoms with Crippen molar-refractivity contribution < 1.29 is 4.92 Å². The second-order valence-electron chi connectivity index (χ2n) is 5.69. The number of nitrogens with zero attached hydrogens (tertiary/aromatic N) is 2. The molecule has 5 nitrogen and oxygen atoms in total. The molecule has 1 saturated carbocycles. The van der Waals surface area contributed by atoms with Crippen molar-refractivity contribution in [3.05, 3.63) is 26.3 Å². The summed E-state index contributed by atoms with van der Waals surface area (Å²) in [5, 5.41) is 14.2. The van der Waals surface area contributed by atoms with E-state index in [0.717, 1.165) is 12.5 Å². The molecule has 0 aliphatic heterocycles. The average molecular weight is 342 g/mol. The van der Waals surface area contributed by atoms with Crippen LogP contribution in [-0.4, -0.2) is 16.5 Å². The maximum Gasteiger partial charge on any atom is 0.291 e. The number of anilines is 1. The highest BCUT2D eigenvalue weighted by Gasteiger charge is 2.20. The Bertz CT molecular complexity index is 499. The summed E-state index contributed by atoms with van der Waals surface area (Å²) in [6.07, 6.45) is 6.40. The van der Waals surface area contributed by atoms with Crippen LogP contribution < -0.4 is 5.32 Å². The molecule has 6 heteroatoms. The van der Waals surface area contributed by atoms with Gasteiger partial charge in [0.25, 0.3) is 5.69 Å². The summed E-state index contributed by atoms with van der Waals surface area (Å²) < 4.78 is 0.691. The van der Waals surface area contributed by atoms with Crippen LogP contribution in [0.3, 0.4) is 0 Å². The molecule has 0 bridgehead atoms. The van der Waals surface area contributed by atoms with Crippen molar-refractivity contribution in [3.8, 4) is 0 Å². The topological polar surface area (TPSA) is 68.1 Å². The molecule has 0 atom stereocenters. The molecule has 110 valence electrons. The van der Waals surface area contributed by atoms with Crippen molar-refractivity contribution in [3.63, 3.8) is 0 Å². The zero-order valence-corrected chi connectivity index (χ0v) is 13.4. The van der Waals surface area contributed by atoms with Crippen molar-refractivity contribution in [1.82, 2.24) is 4.98 Å². The zero-order valence-electron chi connectivity index (χ0n) is 11.9. The molecule has 1 aromatic rings. The van der Waals surface area contributed by atoms with Crippen LogP contribution in [0.1, 0.15) is 38.2 Å². The number of hydrogen-bond acceptors (Lipinski definition) is 4. The van der Waals surface area contributed by atoms with Gasteiger partial charge in [0.2, 0.25) is 0 Å². The van der Waals surface area contributed by atoms with Gasteiger partial charge in [-0.15, -0.1) is 0 Å². The molecule has 1 aliphatic rings. The van der Waals surface area contributed by atoms with Gasteiger partial charge in [0.1, 0.15) is 12.0 Å². The van der Waals surface area contributed by atoms with Crippen molar-refractivity contribution >= 4 is 27.4 Å². The third-order valence-corrected chi connectivity index (χ3v) is 5.10. The molecule has 1 fully saturated rings. The summed E-state index contributed by atoms with van der Waals surface area (Å²) in [5.41, 5.74) is 0.665. The second kappa shape index (κ2) is 6.52. The highest BCUT2D eigenvalue weighted by atomic mass is 79.9. The number of hydrogen-bond donors (Lipinski definition) is 1. The maximum absolute atomic E-state index is 10.8. The van der Waals surface area contributed by atoms with Crippen molar-refractivity contribution in [2.45, 2.75) is 39.5 Å². The number of halogens is 1. The first-order valence-electron chi connectivity index (χ1n) is 7.02. The molecule has 0 aromatic carbocycles. The van der Waals surface area contributed by atoms with Gasteiger partial charge in [-0.1, -0.05) is 19.8 Å². The SMILES string of the molecule is Cc1c([N+](=O)[O-])cnc(NCC2CCC(C)CC2)c1Br. The lowest BCUT2D eigenvalue weighted by molar-refractivity contribution is -0.385. The van der Waals surface area contributed by atoms with E-state index in [1.807, 2.05) is 0 Å². The highest BCUT2D eigenvalue weighted by molar-refractivity contribution is 9.10. The minimum Gasteiger partial charge on any atom is -0.369 e. The smallest absolute Gasteiger partial charge is 0.291 e. The Morgan fingerprint density at radius 1 is 1.45 bits per heavy atom. The minimum atomic E-state index is -0.403. The summed E-state index contributed by atoms with van der Waals surface area (Å²) in [6.45, 7) is 4.93. The molecule has 0 unspecified atom stereocenters. The van der Waals surface area contributed by atoms with E-state index < -0.39 is 4.92 Å². The largest absolute Gasteiger partial charge is 0.369 e. The summed E-state index contributed by atoms with van der Waals surface area (Å²) in [4.78, 5) is 14.6. The Morgan fingerprint density at radius 2 is 2.10 bits per heavy atom. The monoisotopic (exact) mass is 341 g/mol. The fourth-order valence-corrected chi connectivity index (χ4v) is 3.10. The Morgan fingerprint density at radius 3 is 2.70 bits per heavy atom.